The molecule has 2 aromatic rings. The van der Waals surface area contributed by atoms with Crippen molar-refractivity contribution < 1.29 is 0 Å². The minimum absolute atomic E-state index is 0.358. The fourth-order valence-corrected chi connectivity index (χ4v) is 2.39. The Labute approximate surface area is 117 Å². The Morgan fingerprint density at radius 3 is 2.61 bits per heavy atom. The summed E-state index contributed by atoms with van der Waals surface area (Å²) in [5.74, 6) is 0. The second-order valence-electron chi connectivity index (χ2n) is 4.61. The van der Waals surface area contributed by atoms with Crippen LogP contribution in [0.4, 0.5) is 0 Å². The van der Waals surface area contributed by atoms with Crippen molar-refractivity contribution in [2.75, 3.05) is 0 Å². The Morgan fingerprint density at radius 2 is 1.89 bits per heavy atom. The maximum absolute atomic E-state index is 3.57. The summed E-state index contributed by atoms with van der Waals surface area (Å²) in [6.45, 7) is 5.20. The highest BCUT2D eigenvalue weighted by atomic mass is 79.9. The minimum Gasteiger partial charge on any atom is -0.306 e. The number of nitrogens with one attached hydrogen (secondary N) is 1. The van der Waals surface area contributed by atoms with Crippen molar-refractivity contribution in [2.24, 2.45) is 0 Å². The average molecular weight is 304 g/mol. The molecule has 0 amide bonds. The summed E-state index contributed by atoms with van der Waals surface area (Å²) in [7, 11) is 0. The topological polar surface area (TPSA) is 12.0 Å². The van der Waals surface area contributed by atoms with Gasteiger partial charge in [-0.05, 0) is 31.0 Å². The van der Waals surface area contributed by atoms with Crippen molar-refractivity contribution in [3.8, 4) is 0 Å². The van der Waals surface area contributed by atoms with E-state index >= 15 is 0 Å². The quantitative estimate of drug-likeness (QED) is 0.870. The number of hydrogen-bond acceptors (Lipinski definition) is 1. The molecule has 0 bridgehead atoms. The third-order valence-corrected chi connectivity index (χ3v) is 3.87. The normalized spacial score (nSPS) is 12.4. The van der Waals surface area contributed by atoms with E-state index in [2.05, 4.69) is 77.6 Å². The highest BCUT2D eigenvalue weighted by Gasteiger charge is 2.05. The van der Waals surface area contributed by atoms with Crippen LogP contribution < -0.4 is 5.32 Å². The molecule has 0 aliphatic heterocycles. The van der Waals surface area contributed by atoms with E-state index in [1.54, 1.807) is 0 Å². The molecule has 2 rings (SSSR count). The zero-order chi connectivity index (χ0) is 13.0. The molecule has 0 radical (unpaired) electrons. The third kappa shape index (κ3) is 3.44. The zero-order valence-corrected chi connectivity index (χ0v) is 12.4. The first kappa shape index (κ1) is 13.3. The number of hydrogen-bond donors (Lipinski definition) is 1. The predicted octanol–water partition coefficient (Wildman–Crippen LogP) is 4.61. The second kappa shape index (κ2) is 6.17. The number of benzene rings is 2. The Balaban J connectivity index is 2.00. The second-order valence-corrected chi connectivity index (χ2v) is 5.46. The van der Waals surface area contributed by atoms with Crippen LogP contribution in [0, 0.1) is 6.92 Å². The molecule has 0 aliphatic carbocycles. The summed E-state index contributed by atoms with van der Waals surface area (Å²) in [4.78, 5) is 0. The zero-order valence-electron chi connectivity index (χ0n) is 10.8. The number of rotatable bonds is 4. The third-order valence-electron chi connectivity index (χ3n) is 3.10. The van der Waals surface area contributed by atoms with Gasteiger partial charge >= 0.3 is 0 Å². The van der Waals surface area contributed by atoms with Crippen LogP contribution >= 0.6 is 15.9 Å². The maximum atomic E-state index is 3.57. The molecule has 2 heteroatoms. The Morgan fingerprint density at radius 1 is 1.11 bits per heavy atom. The van der Waals surface area contributed by atoms with Crippen LogP contribution in [0.1, 0.15) is 29.7 Å². The molecular weight excluding hydrogens is 286 g/mol. The smallest absolute Gasteiger partial charge is 0.0295 e. The molecule has 1 nitrogen and oxygen atoms in total. The van der Waals surface area contributed by atoms with E-state index in [1.807, 2.05) is 6.07 Å². The van der Waals surface area contributed by atoms with Crippen LogP contribution in [0.3, 0.4) is 0 Å². The van der Waals surface area contributed by atoms with Crippen molar-refractivity contribution in [1.82, 2.24) is 5.32 Å². The Hall–Kier alpha value is -1.12. The molecule has 0 fully saturated rings. The van der Waals surface area contributed by atoms with E-state index in [9.17, 15) is 0 Å². The van der Waals surface area contributed by atoms with Gasteiger partial charge in [-0.15, -0.1) is 0 Å². The van der Waals surface area contributed by atoms with Gasteiger partial charge in [-0.1, -0.05) is 64.0 Å². The van der Waals surface area contributed by atoms with E-state index in [4.69, 9.17) is 0 Å². The Bertz CT molecular complexity index is 522. The molecule has 0 saturated carbocycles. The van der Waals surface area contributed by atoms with Gasteiger partial charge in [0.05, 0.1) is 0 Å². The fraction of sp³-hybridized carbons (Fsp3) is 0.250. The lowest BCUT2D eigenvalue weighted by atomic mass is 10.1. The summed E-state index contributed by atoms with van der Waals surface area (Å²) in [5.41, 5.74) is 3.93. The fourth-order valence-electron chi connectivity index (χ4n) is 1.96. The van der Waals surface area contributed by atoms with E-state index in [1.165, 1.54) is 16.7 Å². The van der Waals surface area contributed by atoms with Crippen molar-refractivity contribution in [2.45, 2.75) is 26.4 Å². The molecule has 18 heavy (non-hydrogen) atoms. The number of aryl methyl sites for hydroxylation is 1. The molecule has 0 aliphatic rings. The standard InChI is InChI=1S/C16H18BrN/c1-12-6-5-8-14(10-12)13(2)18-11-15-7-3-4-9-16(15)17/h3-10,13,18H,11H2,1-2H3/t13-/m0/s1. The summed E-state index contributed by atoms with van der Waals surface area (Å²) in [6.07, 6.45) is 0. The lowest BCUT2D eigenvalue weighted by Crippen LogP contribution is -2.18. The molecule has 0 spiro atoms. The lowest BCUT2D eigenvalue weighted by Gasteiger charge is -2.15. The molecule has 0 saturated heterocycles. The van der Waals surface area contributed by atoms with Gasteiger partial charge < -0.3 is 5.32 Å². The summed E-state index contributed by atoms with van der Waals surface area (Å²) < 4.78 is 1.16. The first-order valence-electron chi connectivity index (χ1n) is 6.20. The molecule has 2 aromatic carbocycles. The summed E-state index contributed by atoms with van der Waals surface area (Å²) in [6, 6.07) is 17.3. The maximum Gasteiger partial charge on any atom is 0.0295 e. The van der Waals surface area contributed by atoms with Crippen LogP contribution in [0.25, 0.3) is 0 Å². The van der Waals surface area contributed by atoms with E-state index in [-0.39, 0.29) is 0 Å². The highest BCUT2D eigenvalue weighted by Crippen LogP contribution is 2.18. The Kier molecular flexibility index (Phi) is 4.56. The van der Waals surface area contributed by atoms with Crippen molar-refractivity contribution >= 4 is 15.9 Å². The molecule has 0 unspecified atom stereocenters. The first-order valence-corrected chi connectivity index (χ1v) is 6.99. The molecule has 0 heterocycles. The van der Waals surface area contributed by atoms with E-state index in [0.29, 0.717) is 6.04 Å². The monoisotopic (exact) mass is 303 g/mol. The van der Waals surface area contributed by atoms with Crippen molar-refractivity contribution in [3.63, 3.8) is 0 Å². The minimum atomic E-state index is 0.358. The molecule has 0 aromatic heterocycles. The lowest BCUT2D eigenvalue weighted by molar-refractivity contribution is 0.573. The van der Waals surface area contributed by atoms with Crippen molar-refractivity contribution in [1.29, 1.82) is 0 Å². The highest BCUT2D eigenvalue weighted by molar-refractivity contribution is 9.10. The van der Waals surface area contributed by atoms with E-state index < -0.39 is 0 Å². The first-order chi connectivity index (χ1) is 8.66. The van der Waals surface area contributed by atoms with Gasteiger partial charge in [0.2, 0.25) is 0 Å². The van der Waals surface area contributed by atoms with Crippen LogP contribution in [-0.4, -0.2) is 0 Å². The summed E-state index contributed by atoms with van der Waals surface area (Å²) >= 11 is 3.57. The SMILES string of the molecule is Cc1cccc([C@H](C)NCc2ccccc2Br)c1. The predicted molar refractivity (Wildman–Crippen MR) is 80.6 cm³/mol. The van der Waals surface area contributed by atoms with Crippen LogP contribution in [0.2, 0.25) is 0 Å². The van der Waals surface area contributed by atoms with Gasteiger partial charge in [-0.25, -0.2) is 0 Å². The van der Waals surface area contributed by atoms with Crippen LogP contribution in [0.15, 0.2) is 53.0 Å². The van der Waals surface area contributed by atoms with Gasteiger partial charge in [-0.3, -0.25) is 0 Å². The van der Waals surface area contributed by atoms with Gasteiger partial charge in [0, 0.05) is 17.1 Å². The van der Waals surface area contributed by atoms with Gasteiger partial charge in [0.1, 0.15) is 0 Å². The van der Waals surface area contributed by atoms with Gasteiger partial charge in [-0.2, -0.15) is 0 Å². The number of halogens is 1. The molecular formula is C16H18BrN. The average Bonchev–Trinajstić information content (AvgIpc) is 2.37. The van der Waals surface area contributed by atoms with Gasteiger partial charge in [0.25, 0.3) is 0 Å². The summed E-state index contributed by atoms with van der Waals surface area (Å²) in [5, 5.41) is 3.55. The van der Waals surface area contributed by atoms with Crippen molar-refractivity contribution in [3.05, 3.63) is 69.7 Å². The van der Waals surface area contributed by atoms with Crippen LogP contribution in [-0.2, 0) is 6.54 Å². The molecule has 1 N–H and O–H groups in total. The van der Waals surface area contributed by atoms with E-state index in [0.717, 1.165) is 11.0 Å². The molecule has 1 atom stereocenters. The largest absolute Gasteiger partial charge is 0.306 e. The van der Waals surface area contributed by atoms with Gasteiger partial charge in [0.15, 0.2) is 0 Å². The van der Waals surface area contributed by atoms with Crippen LogP contribution in [0.5, 0.6) is 0 Å². The molecule has 94 valence electrons.